The van der Waals surface area contributed by atoms with Gasteiger partial charge in [-0.05, 0) is 73.5 Å². The quantitative estimate of drug-likeness (QED) is 0.295. The summed E-state index contributed by atoms with van der Waals surface area (Å²) in [6, 6.07) is 29.8. The molecule has 4 aromatic rings. The van der Waals surface area contributed by atoms with Crippen molar-refractivity contribution in [2.45, 2.75) is 20.8 Å². The van der Waals surface area contributed by atoms with Crippen LogP contribution in [-0.4, -0.2) is 25.9 Å². The van der Waals surface area contributed by atoms with E-state index in [0.29, 0.717) is 6.61 Å². The highest BCUT2D eigenvalue weighted by atomic mass is 16.5. The van der Waals surface area contributed by atoms with E-state index < -0.39 is 0 Å². The van der Waals surface area contributed by atoms with Crippen LogP contribution in [0.4, 0.5) is 11.4 Å². The Morgan fingerprint density at radius 2 is 1.44 bits per heavy atom. The Morgan fingerprint density at radius 3 is 2.06 bits per heavy atom. The molecule has 0 bridgehead atoms. The van der Waals surface area contributed by atoms with E-state index in [1.165, 1.54) is 21.9 Å². The van der Waals surface area contributed by atoms with Crippen molar-refractivity contribution in [3.05, 3.63) is 102 Å². The molecule has 0 N–H and O–H groups in total. The summed E-state index contributed by atoms with van der Waals surface area (Å²) in [6.45, 7) is 7.67. The molecule has 162 valence electrons. The summed E-state index contributed by atoms with van der Waals surface area (Å²) in [6.07, 6.45) is 0. The molecular formula is C29H30N2O. The molecule has 0 saturated heterocycles. The van der Waals surface area contributed by atoms with Gasteiger partial charge in [-0.15, -0.1) is 0 Å². The fourth-order valence-electron chi connectivity index (χ4n) is 4.14. The third-order valence-corrected chi connectivity index (χ3v) is 5.75. The zero-order valence-electron chi connectivity index (χ0n) is 19.3. The number of hydrogen-bond acceptors (Lipinski definition) is 3. The third kappa shape index (κ3) is 4.38. The number of benzene rings is 4. The Kier molecular flexibility index (Phi) is 6.55. The van der Waals surface area contributed by atoms with E-state index in [2.05, 4.69) is 98.6 Å². The predicted molar refractivity (Wildman–Crippen MR) is 137 cm³/mol. The average Bonchev–Trinajstić information content (AvgIpc) is 2.83. The maximum atomic E-state index is 5.56. The summed E-state index contributed by atoms with van der Waals surface area (Å²) in [5, 5.41) is 2.52. The number of rotatable bonds is 7. The van der Waals surface area contributed by atoms with E-state index in [0.717, 1.165) is 34.9 Å². The topological polar surface area (TPSA) is 24.8 Å². The summed E-state index contributed by atoms with van der Waals surface area (Å²) in [4.78, 5) is 7.08. The molecule has 0 unspecified atom stereocenters. The highest BCUT2D eigenvalue weighted by molar-refractivity contribution is 6.20. The molecule has 0 heterocycles. The zero-order valence-corrected chi connectivity index (χ0v) is 19.3. The Bertz CT molecular complexity index is 1220. The van der Waals surface area contributed by atoms with Crippen molar-refractivity contribution in [2.24, 2.45) is 4.99 Å². The van der Waals surface area contributed by atoms with Crippen molar-refractivity contribution in [1.82, 2.24) is 0 Å². The average molecular weight is 423 g/mol. The van der Waals surface area contributed by atoms with Gasteiger partial charge in [0.25, 0.3) is 0 Å². The Labute approximate surface area is 191 Å². The van der Waals surface area contributed by atoms with E-state index in [-0.39, 0.29) is 0 Å². The van der Waals surface area contributed by atoms with Gasteiger partial charge >= 0.3 is 0 Å². The molecule has 0 saturated carbocycles. The fourth-order valence-corrected chi connectivity index (χ4v) is 4.14. The van der Waals surface area contributed by atoms with Crippen molar-refractivity contribution in [3.63, 3.8) is 0 Å². The molecule has 0 aromatic heterocycles. The molecule has 0 aliphatic rings. The molecule has 0 aliphatic heterocycles. The molecule has 4 aromatic carbocycles. The molecule has 0 fully saturated rings. The molecule has 4 rings (SSSR count). The number of nitrogens with zero attached hydrogens (tertiary/aromatic N) is 2. The van der Waals surface area contributed by atoms with E-state index in [1.807, 2.05) is 19.1 Å². The van der Waals surface area contributed by atoms with E-state index in [4.69, 9.17) is 9.73 Å². The highest BCUT2D eigenvalue weighted by Crippen LogP contribution is 2.28. The van der Waals surface area contributed by atoms with Gasteiger partial charge in [0.2, 0.25) is 0 Å². The second kappa shape index (κ2) is 9.69. The summed E-state index contributed by atoms with van der Waals surface area (Å²) in [7, 11) is 2.08. The van der Waals surface area contributed by atoms with Crippen LogP contribution >= 0.6 is 0 Å². The summed E-state index contributed by atoms with van der Waals surface area (Å²) in [5.74, 6) is 0.894. The monoisotopic (exact) mass is 422 g/mol. The molecule has 3 heteroatoms. The SMILES string of the molecule is CCN=C(c1ccc(N(C)c2ccc(OCC)cc2)cc1)c1cccc2cccc(C)c12. The van der Waals surface area contributed by atoms with Crippen LogP contribution in [0.15, 0.2) is 89.9 Å². The highest BCUT2D eigenvalue weighted by Gasteiger charge is 2.13. The standard InChI is InChI=1S/C29H30N2O/c1-5-30-29(27-12-8-11-22-10-7-9-21(3)28(22)27)23-13-15-24(16-14-23)31(4)25-17-19-26(20-18-25)32-6-2/h7-20H,5-6H2,1-4H3. The number of anilines is 2. The van der Waals surface area contributed by atoms with Gasteiger partial charge in [0.1, 0.15) is 5.75 Å². The first kappa shape index (κ1) is 21.6. The lowest BCUT2D eigenvalue weighted by molar-refractivity contribution is 0.340. The van der Waals surface area contributed by atoms with Gasteiger partial charge in [-0.1, -0.05) is 48.5 Å². The summed E-state index contributed by atoms with van der Waals surface area (Å²) < 4.78 is 5.56. The van der Waals surface area contributed by atoms with Crippen LogP contribution in [0.5, 0.6) is 5.75 Å². The van der Waals surface area contributed by atoms with Crippen molar-refractivity contribution in [2.75, 3.05) is 25.1 Å². The minimum atomic E-state index is 0.675. The Hall–Kier alpha value is -3.59. The zero-order chi connectivity index (χ0) is 22.5. The van der Waals surface area contributed by atoms with Crippen LogP contribution in [0.1, 0.15) is 30.5 Å². The second-order valence-corrected chi connectivity index (χ2v) is 7.83. The Balaban J connectivity index is 1.67. The molecule has 3 nitrogen and oxygen atoms in total. The lowest BCUT2D eigenvalue weighted by atomic mass is 9.93. The lowest BCUT2D eigenvalue weighted by Gasteiger charge is -2.20. The van der Waals surface area contributed by atoms with Crippen molar-refractivity contribution >= 4 is 27.9 Å². The lowest BCUT2D eigenvalue weighted by Crippen LogP contribution is -2.10. The van der Waals surface area contributed by atoms with Crippen molar-refractivity contribution < 1.29 is 4.74 Å². The van der Waals surface area contributed by atoms with E-state index in [1.54, 1.807) is 0 Å². The molecule has 32 heavy (non-hydrogen) atoms. The van der Waals surface area contributed by atoms with Crippen LogP contribution in [-0.2, 0) is 0 Å². The Morgan fingerprint density at radius 1 is 0.812 bits per heavy atom. The molecule has 0 atom stereocenters. The van der Waals surface area contributed by atoms with Crippen LogP contribution in [0, 0.1) is 6.92 Å². The normalized spacial score (nSPS) is 11.6. The number of ether oxygens (including phenoxy) is 1. The maximum Gasteiger partial charge on any atom is 0.119 e. The third-order valence-electron chi connectivity index (χ3n) is 5.75. The van der Waals surface area contributed by atoms with Crippen molar-refractivity contribution in [3.8, 4) is 5.75 Å². The minimum Gasteiger partial charge on any atom is -0.494 e. The summed E-state index contributed by atoms with van der Waals surface area (Å²) in [5.41, 5.74) is 6.88. The van der Waals surface area contributed by atoms with Gasteiger partial charge in [-0.2, -0.15) is 0 Å². The summed E-state index contributed by atoms with van der Waals surface area (Å²) >= 11 is 0. The molecule has 0 aliphatic carbocycles. The smallest absolute Gasteiger partial charge is 0.119 e. The van der Waals surface area contributed by atoms with Gasteiger partial charge in [0.05, 0.1) is 12.3 Å². The van der Waals surface area contributed by atoms with Crippen LogP contribution in [0.25, 0.3) is 10.8 Å². The fraction of sp³-hybridized carbons (Fsp3) is 0.207. The first-order valence-electron chi connectivity index (χ1n) is 11.2. The number of hydrogen-bond donors (Lipinski definition) is 0. The van der Waals surface area contributed by atoms with Gasteiger partial charge in [-0.3, -0.25) is 4.99 Å². The van der Waals surface area contributed by atoms with Gasteiger partial charge in [0.15, 0.2) is 0 Å². The van der Waals surface area contributed by atoms with E-state index in [9.17, 15) is 0 Å². The van der Waals surface area contributed by atoms with Crippen LogP contribution in [0.2, 0.25) is 0 Å². The number of aryl methyl sites for hydroxylation is 1. The predicted octanol–water partition coefficient (Wildman–Crippen LogP) is 7.17. The van der Waals surface area contributed by atoms with Crippen LogP contribution < -0.4 is 9.64 Å². The first-order chi connectivity index (χ1) is 15.6. The molecular weight excluding hydrogens is 392 g/mol. The van der Waals surface area contributed by atoms with Crippen molar-refractivity contribution in [1.29, 1.82) is 0 Å². The van der Waals surface area contributed by atoms with E-state index >= 15 is 0 Å². The van der Waals surface area contributed by atoms with Crippen LogP contribution in [0.3, 0.4) is 0 Å². The minimum absolute atomic E-state index is 0.675. The second-order valence-electron chi connectivity index (χ2n) is 7.83. The first-order valence-corrected chi connectivity index (χ1v) is 11.2. The van der Waals surface area contributed by atoms with Gasteiger partial charge < -0.3 is 9.64 Å². The van der Waals surface area contributed by atoms with Gasteiger partial charge in [-0.25, -0.2) is 0 Å². The number of aliphatic imine (C=N–C) groups is 1. The van der Waals surface area contributed by atoms with Gasteiger partial charge in [0, 0.05) is 36.1 Å². The molecule has 0 spiro atoms. The number of fused-ring (bicyclic) bond motifs is 1. The largest absolute Gasteiger partial charge is 0.494 e. The molecule has 0 radical (unpaired) electrons. The maximum absolute atomic E-state index is 5.56. The molecule has 0 amide bonds.